The Morgan fingerprint density at radius 2 is 1.92 bits per heavy atom. The molecule has 0 spiro atoms. The summed E-state index contributed by atoms with van der Waals surface area (Å²) in [6.45, 7) is 0.915. The van der Waals surface area contributed by atoms with Crippen LogP contribution in [0, 0.1) is 5.82 Å². The summed E-state index contributed by atoms with van der Waals surface area (Å²) in [4.78, 5) is 4.61. The third kappa shape index (κ3) is 3.73. The fourth-order valence-electron chi connectivity index (χ4n) is 3.12. The SMILES string of the molecule is CN(C)S(=O)(=O)N1CCC[C@H](c2cccc(-c3ccccc3F)n2)C1. The Kier molecular flexibility index (Phi) is 5.17. The van der Waals surface area contributed by atoms with Gasteiger partial charge in [0.05, 0.1) is 5.69 Å². The van der Waals surface area contributed by atoms with Gasteiger partial charge in [0.15, 0.2) is 0 Å². The summed E-state index contributed by atoms with van der Waals surface area (Å²) in [5.41, 5.74) is 1.83. The van der Waals surface area contributed by atoms with Crippen molar-refractivity contribution in [3.63, 3.8) is 0 Å². The third-order valence-corrected chi connectivity index (χ3v) is 6.42. The predicted molar refractivity (Wildman–Crippen MR) is 95.8 cm³/mol. The lowest BCUT2D eigenvalue weighted by atomic mass is 9.95. The maximum Gasteiger partial charge on any atom is 0.281 e. The van der Waals surface area contributed by atoms with Crippen molar-refractivity contribution in [2.24, 2.45) is 0 Å². The first kappa shape index (κ1) is 18.0. The monoisotopic (exact) mass is 363 g/mol. The predicted octanol–water partition coefficient (Wildman–Crippen LogP) is 2.87. The van der Waals surface area contributed by atoms with Crippen molar-refractivity contribution in [1.82, 2.24) is 13.6 Å². The van der Waals surface area contributed by atoms with Gasteiger partial charge in [0.25, 0.3) is 10.2 Å². The van der Waals surface area contributed by atoms with Crippen molar-refractivity contribution < 1.29 is 12.8 Å². The van der Waals surface area contributed by atoms with Crippen LogP contribution in [0.3, 0.4) is 0 Å². The molecule has 1 saturated heterocycles. The highest BCUT2D eigenvalue weighted by Crippen LogP contribution is 2.29. The normalized spacial score (nSPS) is 19.3. The Morgan fingerprint density at radius 1 is 1.16 bits per heavy atom. The number of hydrogen-bond acceptors (Lipinski definition) is 3. The molecule has 5 nitrogen and oxygen atoms in total. The summed E-state index contributed by atoms with van der Waals surface area (Å²) in [6.07, 6.45) is 1.65. The number of rotatable bonds is 4. The van der Waals surface area contributed by atoms with Crippen LogP contribution in [0.4, 0.5) is 4.39 Å². The maximum absolute atomic E-state index is 14.0. The fraction of sp³-hybridized carbons (Fsp3) is 0.389. The van der Waals surface area contributed by atoms with Crippen LogP contribution in [0.15, 0.2) is 42.5 Å². The average Bonchev–Trinajstić information content (AvgIpc) is 2.62. The van der Waals surface area contributed by atoms with E-state index in [4.69, 9.17) is 0 Å². The van der Waals surface area contributed by atoms with Crippen molar-refractivity contribution in [3.05, 3.63) is 54.0 Å². The van der Waals surface area contributed by atoms with Gasteiger partial charge in [-0.1, -0.05) is 18.2 Å². The summed E-state index contributed by atoms with van der Waals surface area (Å²) in [5.74, 6) is -0.303. The molecule has 1 aliphatic rings. The first-order valence-electron chi connectivity index (χ1n) is 8.29. The summed E-state index contributed by atoms with van der Waals surface area (Å²) >= 11 is 0. The molecule has 25 heavy (non-hydrogen) atoms. The zero-order valence-electron chi connectivity index (χ0n) is 14.4. The molecule has 1 fully saturated rings. The Morgan fingerprint density at radius 3 is 2.64 bits per heavy atom. The van der Waals surface area contributed by atoms with Crippen LogP contribution in [0.1, 0.15) is 24.5 Å². The Balaban J connectivity index is 1.87. The van der Waals surface area contributed by atoms with E-state index in [1.54, 1.807) is 24.3 Å². The Hall–Kier alpha value is -1.83. The zero-order chi connectivity index (χ0) is 18.0. The largest absolute Gasteiger partial charge is 0.281 e. The Labute approximate surface area is 148 Å². The number of nitrogens with zero attached hydrogens (tertiary/aromatic N) is 3. The minimum Gasteiger partial charge on any atom is -0.252 e. The summed E-state index contributed by atoms with van der Waals surface area (Å²) in [7, 11) is -0.356. The second-order valence-electron chi connectivity index (χ2n) is 6.41. The standard InChI is InChI=1S/C18H22FN3O2S/c1-21(2)25(23,24)22-12-6-7-14(13-22)17-10-5-11-18(20-17)15-8-3-4-9-16(15)19/h3-5,8-11,14H,6-7,12-13H2,1-2H3/t14-/m0/s1. The molecule has 1 aromatic heterocycles. The van der Waals surface area contributed by atoms with Crippen LogP contribution >= 0.6 is 0 Å². The number of benzene rings is 1. The van der Waals surface area contributed by atoms with E-state index in [0.29, 0.717) is 24.3 Å². The minimum atomic E-state index is -3.43. The van der Waals surface area contributed by atoms with E-state index in [1.807, 2.05) is 12.1 Å². The number of pyridine rings is 1. The van der Waals surface area contributed by atoms with E-state index in [-0.39, 0.29) is 11.7 Å². The summed E-state index contributed by atoms with van der Waals surface area (Å²) in [5, 5.41) is 0. The van der Waals surface area contributed by atoms with Gasteiger partial charge in [-0.2, -0.15) is 17.0 Å². The first-order valence-corrected chi connectivity index (χ1v) is 9.69. The van der Waals surface area contributed by atoms with Gasteiger partial charge in [-0.05, 0) is 37.1 Å². The van der Waals surface area contributed by atoms with E-state index in [9.17, 15) is 12.8 Å². The molecule has 0 radical (unpaired) electrons. The van der Waals surface area contributed by atoms with Crippen molar-refractivity contribution in [2.45, 2.75) is 18.8 Å². The molecule has 2 heterocycles. The molecule has 134 valence electrons. The molecule has 1 aromatic carbocycles. The quantitative estimate of drug-likeness (QED) is 0.839. The van der Waals surface area contributed by atoms with E-state index in [2.05, 4.69) is 4.98 Å². The highest BCUT2D eigenvalue weighted by Gasteiger charge is 2.31. The van der Waals surface area contributed by atoms with Gasteiger partial charge >= 0.3 is 0 Å². The lowest BCUT2D eigenvalue weighted by Gasteiger charge is -2.33. The number of hydrogen-bond donors (Lipinski definition) is 0. The highest BCUT2D eigenvalue weighted by molar-refractivity contribution is 7.86. The summed E-state index contributed by atoms with van der Waals surface area (Å²) in [6, 6.07) is 12.1. The second-order valence-corrected chi connectivity index (χ2v) is 8.56. The third-order valence-electron chi connectivity index (χ3n) is 4.51. The number of piperidine rings is 1. The van der Waals surface area contributed by atoms with Gasteiger partial charge in [-0.25, -0.2) is 4.39 Å². The van der Waals surface area contributed by atoms with Crippen molar-refractivity contribution in [3.8, 4) is 11.3 Å². The lowest BCUT2D eigenvalue weighted by molar-refractivity contribution is 0.296. The maximum atomic E-state index is 14.0. The first-order chi connectivity index (χ1) is 11.9. The second kappa shape index (κ2) is 7.19. The van der Waals surface area contributed by atoms with Crippen molar-refractivity contribution in [1.29, 1.82) is 0 Å². The smallest absolute Gasteiger partial charge is 0.252 e. The van der Waals surface area contributed by atoms with Crippen LogP contribution in [-0.2, 0) is 10.2 Å². The molecule has 0 saturated carbocycles. The molecule has 0 aliphatic carbocycles. The van der Waals surface area contributed by atoms with Crippen molar-refractivity contribution in [2.75, 3.05) is 27.2 Å². The van der Waals surface area contributed by atoms with Crippen LogP contribution in [0.2, 0.25) is 0 Å². The van der Waals surface area contributed by atoms with Crippen LogP contribution in [0.25, 0.3) is 11.3 Å². The number of aromatic nitrogens is 1. The summed E-state index contributed by atoms with van der Waals surface area (Å²) < 4.78 is 41.5. The lowest BCUT2D eigenvalue weighted by Crippen LogP contribution is -2.45. The average molecular weight is 363 g/mol. The van der Waals surface area contributed by atoms with Gasteiger partial charge < -0.3 is 0 Å². The molecule has 0 unspecified atom stereocenters. The molecular formula is C18H22FN3O2S. The number of halogens is 1. The molecule has 1 aliphatic heterocycles. The van der Waals surface area contributed by atoms with Gasteiger partial charge in [0.2, 0.25) is 0 Å². The molecule has 3 rings (SSSR count). The molecule has 0 N–H and O–H groups in total. The Bertz CT molecular complexity index is 855. The molecule has 0 bridgehead atoms. The van der Waals surface area contributed by atoms with E-state index in [1.165, 1.54) is 28.8 Å². The van der Waals surface area contributed by atoms with Gasteiger partial charge in [-0.15, -0.1) is 0 Å². The highest BCUT2D eigenvalue weighted by atomic mass is 32.2. The van der Waals surface area contributed by atoms with Gasteiger partial charge in [0, 0.05) is 44.4 Å². The van der Waals surface area contributed by atoms with Gasteiger partial charge in [-0.3, -0.25) is 4.98 Å². The van der Waals surface area contributed by atoms with Gasteiger partial charge in [0.1, 0.15) is 5.82 Å². The minimum absolute atomic E-state index is 0.00944. The molecule has 7 heteroatoms. The van der Waals surface area contributed by atoms with Crippen LogP contribution < -0.4 is 0 Å². The zero-order valence-corrected chi connectivity index (χ0v) is 15.2. The molecule has 0 amide bonds. The molecule has 2 aromatic rings. The fourth-order valence-corrected chi connectivity index (χ4v) is 4.31. The van der Waals surface area contributed by atoms with Crippen LogP contribution in [-0.4, -0.2) is 49.2 Å². The topological polar surface area (TPSA) is 53.5 Å². The van der Waals surface area contributed by atoms with E-state index in [0.717, 1.165) is 18.5 Å². The van der Waals surface area contributed by atoms with E-state index < -0.39 is 10.2 Å². The molecule has 1 atom stereocenters. The van der Waals surface area contributed by atoms with Crippen LogP contribution in [0.5, 0.6) is 0 Å². The molecular weight excluding hydrogens is 341 g/mol. The van der Waals surface area contributed by atoms with Crippen molar-refractivity contribution >= 4 is 10.2 Å². The van der Waals surface area contributed by atoms with E-state index >= 15 is 0 Å².